The van der Waals surface area contributed by atoms with Crippen molar-refractivity contribution in [3.63, 3.8) is 0 Å². The Balaban J connectivity index is 1.71. The number of hydrogen-bond acceptors (Lipinski definition) is 3. The van der Waals surface area contributed by atoms with Gasteiger partial charge in [0.1, 0.15) is 0 Å². The predicted molar refractivity (Wildman–Crippen MR) is 90.7 cm³/mol. The molecule has 0 unspecified atom stereocenters. The highest BCUT2D eigenvalue weighted by Crippen LogP contribution is 1.99. The van der Waals surface area contributed by atoms with Gasteiger partial charge in [-0.15, -0.1) is 0 Å². The van der Waals surface area contributed by atoms with Crippen LogP contribution in [0.3, 0.4) is 0 Å². The van der Waals surface area contributed by atoms with Gasteiger partial charge in [-0.1, -0.05) is 48.5 Å². The monoisotopic (exact) mass is 332 g/mol. The summed E-state index contributed by atoms with van der Waals surface area (Å²) in [5.41, 5.74) is 1.59. The fraction of sp³-hybridized carbons (Fsp3) is 0.235. The van der Waals surface area contributed by atoms with Crippen molar-refractivity contribution in [3.8, 4) is 0 Å². The van der Waals surface area contributed by atoms with E-state index in [2.05, 4.69) is 10.0 Å². The molecule has 23 heavy (non-hydrogen) atoms. The van der Waals surface area contributed by atoms with Gasteiger partial charge >= 0.3 is 0 Å². The van der Waals surface area contributed by atoms with Crippen molar-refractivity contribution in [2.24, 2.45) is 0 Å². The minimum atomic E-state index is -3.39. The average molecular weight is 332 g/mol. The minimum Gasteiger partial charge on any atom is -0.351 e. The van der Waals surface area contributed by atoms with Crippen LogP contribution in [-0.2, 0) is 16.4 Å². The van der Waals surface area contributed by atoms with Crippen LogP contribution >= 0.6 is 0 Å². The molecule has 0 radical (unpaired) electrons. The van der Waals surface area contributed by atoms with E-state index in [4.69, 9.17) is 0 Å². The number of rotatable bonds is 8. The number of carbonyl (C=O) groups is 1. The van der Waals surface area contributed by atoms with E-state index in [1.165, 1.54) is 0 Å². The minimum absolute atomic E-state index is 0.0778. The van der Waals surface area contributed by atoms with Crippen LogP contribution in [0.4, 0.5) is 0 Å². The molecule has 0 saturated heterocycles. The molecule has 0 atom stereocenters. The van der Waals surface area contributed by atoms with Crippen LogP contribution in [0.25, 0.3) is 0 Å². The second kappa shape index (κ2) is 8.45. The molecule has 1 amide bonds. The Morgan fingerprint density at radius 2 is 1.48 bits per heavy atom. The van der Waals surface area contributed by atoms with Crippen LogP contribution in [0, 0.1) is 0 Å². The van der Waals surface area contributed by atoms with E-state index < -0.39 is 10.0 Å². The van der Waals surface area contributed by atoms with Gasteiger partial charge in [0, 0.05) is 18.7 Å². The van der Waals surface area contributed by atoms with Crippen molar-refractivity contribution < 1.29 is 13.2 Å². The van der Waals surface area contributed by atoms with Gasteiger partial charge in [-0.2, -0.15) is 0 Å². The van der Waals surface area contributed by atoms with Crippen molar-refractivity contribution >= 4 is 15.9 Å². The van der Waals surface area contributed by atoms with Crippen LogP contribution in [0.15, 0.2) is 60.7 Å². The fourth-order valence-electron chi connectivity index (χ4n) is 2.06. The predicted octanol–water partition coefficient (Wildman–Crippen LogP) is 1.58. The third-order valence-electron chi connectivity index (χ3n) is 3.27. The maximum absolute atomic E-state index is 11.9. The first-order valence-electron chi connectivity index (χ1n) is 7.41. The first-order valence-corrected chi connectivity index (χ1v) is 9.06. The Bertz CT molecular complexity index is 716. The van der Waals surface area contributed by atoms with Gasteiger partial charge in [-0.05, 0) is 24.1 Å². The molecule has 0 aliphatic heterocycles. The van der Waals surface area contributed by atoms with Crippen LogP contribution < -0.4 is 10.0 Å². The molecule has 0 bridgehead atoms. The van der Waals surface area contributed by atoms with Gasteiger partial charge in [0.2, 0.25) is 10.0 Å². The normalized spacial score (nSPS) is 11.1. The lowest BCUT2D eigenvalue weighted by atomic mass is 10.2. The number of sulfonamides is 1. The summed E-state index contributed by atoms with van der Waals surface area (Å²) in [4.78, 5) is 11.8. The molecule has 0 aliphatic rings. The fourth-order valence-corrected chi connectivity index (χ4v) is 2.99. The van der Waals surface area contributed by atoms with Crippen LogP contribution in [-0.4, -0.2) is 33.2 Å². The van der Waals surface area contributed by atoms with Gasteiger partial charge in [-0.3, -0.25) is 4.79 Å². The number of nitrogens with one attached hydrogen (secondary N) is 2. The van der Waals surface area contributed by atoms with E-state index in [9.17, 15) is 13.2 Å². The second-order valence-electron chi connectivity index (χ2n) is 5.07. The molecule has 0 aliphatic carbocycles. The van der Waals surface area contributed by atoms with Crippen molar-refractivity contribution in [3.05, 3.63) is 71.8 Å². The first kappa shape index (κ1) is 17.2. The summed E-state index contributed by atoms with van der Waals surface area (Å²) in [6, 6.07) is 18.4. The number of benzene rings is 2. The van der Waals surface area contributed by atoms with Gasteiger partial charge in [0.25, 0.3) is 5.91 Å². The van der Waals surface area contributed by atoms with Crippen LogP contribution in [0.1, 0.15) is 15.9 Å². The standard InChI is InChI=1S/C17H20N2O3S/c20-17(16-9-5-2-6-10-16)18-13-14-23(21,22)19-12-11-15-7-3-1-4-8-15/h1-10,19H,11-14H2,(H,18,20). The number of hydrogen-bond donors (Lipinski definition) is 2. The number of amides is 1. The summed E-state index contributed by atoms with van der Waals surface area (Å²) in [6.07, 6.45) is 0.635. The van der Waals surface area contributed by atoms with E-state index in [1.807, 2.05) is 36.4 Å². The molecule has 0 saturated carbocycles. The molecule has 5 nitrogen and oxygen atoms in total. The summed E-state index contributed by atoms with van der Waals surface area (Å²) >= 11 is 0. The highest BCUT2D eigenvalue weighted by molar-refractivity contribution is 7.89. The van der Waals surface area contributed by atoms with Gasteiger partial charge in [0.05, 0.1) is 5.75 Å². The lowest BCUT2D eigenvalue weighted by Gasteiger charge is -2.08. The zero-order chi connectivity index (χ0) is 16.5. The van der Waals surface area contributed by atoms with E-state index in [0.717, 1.165) is 5.56 Å². The smallest absolute Gasteiger partial charge is 0.251 e. The molecule has 0 fully saturated rings. The Labute approximate surface area is 136 Å². The SMILES string of the molecule is O=C(NCCS(=O)(=O)NCCc1ccccc1)c1ccccc1. The quantitative estimate of drug-likeness (QED) is 0.771. The Kier molecular flexibility index (Phi) is 6.31. The molecule has 2 aromatic carbocycles. The van der Waals surface area contributed by atoms with Crippen LogP contribution in [0.5, 0.6) is 0 Å². The summed E-state index contributed by atoms with van der Waals surface area (Å²) < 4.78 is 26.3. The summed E-state index contributed by atoms with van der Waals surface area (Å²) in [6.45, 7) is 0.424. The topological polar surface area (TPSA) is 75.3 Å². The Morgan fingerprint density at radius 1 is 0.870 bits per heavy atom. The van der Waals surface area contributed by atoms with Gasteiger partial charge in [-0.25, -0.2) is 13.1 Å². The van der Waals surface area contributed by atoms with Gasteiger partial charge < -0.3 is 5.32 Å². The molecule has 2 rings (SSSR count). The third kappa shape index (κ3) is 6.22. The molecule has 0 heterocycles. The van der Waals surface area contributed by atoms with Gasteiger partial charge in [0.15, 0.2) is 0 Å². The lowest BCUT2D eigenvalue weighted by Crippen LogP contribution is -2.35. The van der Waals surface area contributed by atoms with E-state index in [-0.39, 0.29) is 18.2 Å². The molecule has 0 aromatic heterocycles. The maximum atomic E-state index is 11.9. The van der Waals surface area contributed by atoms with Crippen molar-refractivity contribution in [1.29, 1.82) is 0 Å². The van der Waals surface area contributed by atoms with E-state index in [1.54, 1.807) is 24.3 Å². The zero-order valence-corrected chi connectivity index (χ0v) is 13.6. The van der Waals surface area contributed by atoms with Crippen molar-refractivity contribution in [1.82, 2.24) is 10.0 Å². The molecular formula is C17H20N2O3S. The van der Waals surface area contributed by atoms with Crippen molar-refractivity contribution in [2.75, 3.05) is 18.8 Å². The highest BCUT2D eigenvalue weighted by atomic mass is 32.2. The number of carbonyl (C=O) groups excluding carboxylic acids is 1. The summed E-state index contributed by atoms with van der Waals surface area (Å²) in [7, 11) is -3.39. The highest BCUT2D eigenvalue weighted by Gasteiger charge is 2.11. The maximum Gasteiger partial charge on any atom is 0.251 e. The summed E-state index contributed by atoms with van der Waals surface area (Å²) in [5.74, 6) is -0.412. The molecule has 0 spiro atoms. The average Bonchev–Trinajstić information content (AvgIpc) is 2.56. The van der Waals surface area contributed by atoms with E-state index >= 15 is 0 Å². The Hall–Kier alpha value is -2.18. The molecular weight excluding hydrogens is 312 g/mol. The Morgan fingerprint density at radius 3 is 2.13 bits per heavy atom. The largest absolute Gasteiger partial charge is 0.351 e. The zero-order valence-electron chi connectivity index (χ0n) is 12.7. The first-order chi connectivity index (χ1) is 11.1. The third-order valence-corrected chi connectivity index (χ3v) is 4.66. The second-order valence-corrected chi connectivity index (χ2v) is 7.00. The lowest BCUT2D eigenvalue weighted by molar-refractivity contribution is 0.0956. The van der Waals surface area contributed by atoms with Crippen LogP contribution in [0.2, 0.25) is 0 Å². The van der Waals surface area contributed by atoms with E-state index in [0.29, 0.717) is 18.5 Å². The molecule has 122 valence electrons. The molecule has 2 aromatic rings. The van der Waals surface area contributed by atoms with Crippen molar-refractivity contribution in [2.45, 2.75) is 6.42 Å². The summed E-state index contributed by atoms with van der Waals surface area (Å²) in [5, 5.41) is 2.61. The molecule has 6 heteroatoms. The molecule has 2 N–H and O–H groups in total.